The fourth-order valence-electron chi connectivity index (χ4n) is 7.22. The van der Waals surface area contributed by atoms with E-state index in [1.807, 2.05) is 30.4 Å². The van der Waals surface area contributed by atoms with Crippen LogP contribution >= 0.6 is 0 Å². The van der Waals surface area contributed by atoms with E-state index in [0.717, 1.165) is 109 Å². The molecule has 12 heteroatoms. The molecule has 0 aromatic heterocycles. The largest absolute Gasteiger partial charge is 0.479 e. The lowest BCUT2D eigenvalue weighted by Crippen LogP contribution is -2.61. The third-order valence-corrected chi connectivity index (χ3v) is 11.4. The second-order valence-electron chi connectivity index (χ2n) is 18.1. The number of hydrogen-bond donors (Lipinski definition) is 3. The first-order valence-corrected chi connectivity index (χ1v) is 27.8. The van der Waals surface area contributed by atoms with Gasteiger partial charge in [-0.15, -0.1) is 0 Å². The van der Waals surface area contributed by atoms with Gasteiger partial charge >= 0.3 is 23.9 Å². The summed E-state index contributed by atoms with van der Waals surface area (Å²) in [6, 6.07) is 0. The molecular weight excluding hydrogens is 949 g/mol. The quantitative estimate of drug-likeness (QED) is 0.0228. The maximum Gasteiger partial charge on any atom is 0.335 e. The van der Waals surface area contributed by atoms with E-state index >= 15 is 0 Å². The monoisotopic (exact) mass is 1040 g/mol. The summed E-state index contributed by atoms with van der Waals surface area (Å²) in [6.45, 7) is 5.54. The van der Waals surface area contributed by atoms with Gasteiger partial charge in [0.15, 0.2) is 24.6 Å². The number of aliphatic carboxylic acids is 1. The number of carboxylic acids is 1. The van der Waals surface area contributed by atoms with E-state index in [1.165, 1.54) is 0 Å². The SMILES string of the molecule is CC/C=C\C/C=C\C/C=C\C/C=C\C/C=C\CCCC(=O)OC1C(OCC(COC(=O)C/C=C\C/C=C\C/C=C\C/C=C\C/C=C\CC)OC(=O)CCCCCCC/C=C\C/C=C\CCC)OC(C(=O)O)C(O)C1O. The highest BCUT2D eigenvalue weighted by molar-refractivity contribution is 5.74. The maximum absolute atomic E-state index is 13.1. The van der Waals surface area contributed by atoms with E-state index in [9.17, 15) is 34.5 Å². The van der Waals surface area contributed by atoms with Gasteiger partial charge in [0.25, 0.3) is 0 Å². The van der Waals surface area contributed by atoms with Crippen LogP contribution in [0.5, 0.6) is 0 Å². The number of aliphatic hydroxyl groups excluding tert-OH is 2. The van der Waals surface area contributed by atoms with Crippen molar-refractivity contribution in [2.24, 2.45) is 0 Å². The Balaban J connectivity index is 2.82. The van der Waals surface area contributed by atoms with Crippen LogP contribution < -0.4 is 0 Å². The summed E-state index contributed by atoms with van der Waals surface area (Å²) in [7, 11) is 0. The molecule has 1 heterocycles. The van der Waals surface area contributed by atoms with Crippen LogP contribution in [0.4, 0.5) is 0 Å². The third kappa shape index (κ3) is 39.7. The molecule has 0 aromatic rings. The molecule has 1 saturated heterocycles. The van der Waals surface area contributed by atoms with Crippen LogP contribution in [-0.2, 0) is 42.9 Å². The number of rotatable bonds is 44. The van der Waals surface area contributed by atoms with Gasteiger partial charge in [-0.25, -0.2) is 4.79 Å². The molecule has 0 amide bonds. The van der Waals surface area contributed by atoms with Crippen molar-refractivity contribution < 1.29 is 58.2 Å². The minimum atomic E-state index is -1.94. The van der Waals surface area contributed by atoms with Gasteiger partial charge in [0, 0.05) is 12.8 Å². The van der Waals surface area contributed by atoms with Crippen LogP contribution in [0.1, 0.15) is 175 Å². The number of aliphatic hydroxyl groups is 2. The zero-order valence-corrected chi connectivity index (χ0v) is 45.7. The summed E-state index contributed by atoms with van der Waals surface area (Å²) in [5, 5.41) is 31.4. The van der Waals surface area contributed by atoms with E-state index in [4.69, 9.17) is 23.7 Å². The standard InChI is InChI=1S/C63H94O12/c1-4-7-10-13-16-19-22-25-27-28-30-33-36-39-42-45-48-51-57(66)74-61-59(68)58(67)60(62(69)70)75-63(61)72-53-54(73-56(65)50-47-44-41-38-35-31-24-21-18-15-12-9-6-3)52-71-55(64)49-46-43-40-37-34-32-29-26-23-20-17-14-11-8-5-2/h7-8,10-12,15-17,19-21,24-27,29-30,33-34,37,39,42-43,46,54,58-61,63,67-68H,4-6,9,13-14,18,22-23,28,31-32,35-36,38,40-41,44-45,47-53H2,1-3H3,(H,69,70)/b10-7-,11-8-,15-12-,19-16-,20-17-,24-21-,27-25-,29-26-,33-30-,37-34-,42-39-,46-43-. The van der Waals surface area contributed by atoms with Gasteiger partial charge in [0.1, 0.15) is 18.8 Å². The van der Waals surface area contributed by atoms with Crippen molar-refractivity contribution in [2.45, 2.75) is 212 Å². The smallest absolute Gasteiger partial charge is 0.335 e. The highest BCUT2D eigenvalue weighted by Crippen LogP contribution is 2.26. The summed E-state index contributed by atoms with van der Waals surface area (Å²) in [5.74, 6) is -3.41. The Morgan fingerprint density at radius 2 is 0.893 bits per heavy atom. The molecule has 0 aromatic carbocycles. The van der Waals surface area contributed by atoms with Crippen LogP contribution in [0.15, 0.2) is 146 Å². The van der Waals surface area contributed by atoms with Crippen molar-refractivity contribution in [3.63, 3.8) is 0 Å². The minimum absolute atomic E-state index is 0.0317. The number of carboxylic acid groups (broad SMARTS) is 1. The Labute approximate surface area is 451 Å². The maximum atomic E-state index is 13.1. The Morgan fingerprint density at radius 1 is 0.467 bits per heavy atom. The Kier molecular flexibility index (Phi) is 44.6. The van der Waals surface area contributed by atoms with Crippen LogP contribution in [0.25, 0.3) is 0 Å². The number of esters is 3. The molecule has 1 aliphatic heterocycles. The molecule has 12 nitrogen and oxygen atoms in total. The lowest BCUT2D eigenvalue weighted by atomic mass is 9.98. The second kappa shape index (κ2) is 49.5. The number of carbonyl (C=O) groups excluding carboxylic acids is 3. The molecule has 0 bridgehead atoms. The molecule has 6 unspecified atom stereocenters. The number of carbonyl (C=O) groups is 4. The van der Waals surface area contributed by atoms with E-state index in [-0.39, 0.29) is 19.3 Å². The summed E-state index contributed by atoms with van der Waals surface area (Å²) in [6.07, 6.45) is 58.6. The zero-order valence-electron chi connectivity index (χ0n) is 45.7. The van der Waals surface area contributed by atoms with E-state index in [0.29, 0.717) is 25.7 Å². The third-order valence-electron chi connectivity index (χ3n) is 11.4. The summed E-state index contributed by atoms with van der Waals surface area (Å²) in [5.41, 5.74) is 0. The van der Waals surface area contributed by atoms with Gasteiger partial charge in [-0.2, -0.15) is 0 Å². The fraction of sp³-hybridized carbons (Fsp3) is 0.556. The fourth-order valence-corrected chi connectivity index (χ4v) is 7.22. The van der Waals surface area contributed by atoms with Crippen LogP contribution in [-0.4, -0.2) is 89.2 Å². The average molecular weight is 1040 g/mol. The first-order valence-electron chi connectivity index (χ1n) is 27.8. The molecule has 0 spiro atoms. The van der Waals surface area contributed by atoms with Crippen molar-refractivity contribution >= 4 is 23.9 Å². The van der Waals surface area contributed by atoms with Crippen molar-refractivity contribution in [1.29, 1.82) is 0 Å². The molecule has 0 radical (unpaired) electrons. The lowest BCUT2D eigenvalue weighted by Gasteiger charge is -2.40. The molecule has 0 aliphatic carbocycles. The minimum Gasteiger partial charge on any atom is -0.479 e. The van der Waals surface area contributed by atoms with Gasteiger partial charge in [-0.05, 0) is 109 Å². The molecule has 418 valence electrons. The average Bonchev–Trinajstić information content (AvgIpc) is 3.39. The summed E-state index contributed by atoms with van der Waals surface area (Å²) < 4.78 is 28.1. The van der Waals surface area contributed by atoms with Crippen molar-refractivity contribution in [2.75, 3.05) is 13.2 Å². The van der Waals surface area contributed by atoms with Gasteiger partial charge in [0.2, 0.25) is 0 Å². The highest BCUT2D eigenvalue weighted by Gasteiger charge is 2.50. The van der Waals surface area contributed by atoms with Crippen molar-refractivity contribution in [3.8, 4) is 0 Å². The zero-order chi connectivity index (χ0) is 54.7. The van der Waals surface area contributed by atoms with Crippen LogP contribution in [0.3, 0.4) is 0 Å². The first kappa shape index (κ1) is 67.6. The summed E-state index contributed by atoms with van der Waals surface area (Å²) >= 11 is 0. The Hall–Kier alpha value is -5.40. The van der Waals surface area contributed by atoms with E-state index in [2.05, 4.69) is 130 Å². The number of ether oxygens (including phenoxy) is 5. The van der Waals surface area contributed by atoms with E-state index in [1.54, 1.807) is 6.08 Å². The molecule has 1 rings (SSSR count). The summed E-state index contributed by atoms with van der Waals surface area (Å²) in [4.78, 5) is 50.9. The van der Waals surface area contributed by atoms with Gasteiger partial charge in [-0.3, -0.25) is 14.4 Å². The van der Waals surface area contributed by atoms with Crippen LogP contribution in [0.2, 0.25) is 0 Å². The predicted octanol–water partition coefficient (Wildman–Crippen LogP) is 14.0. The van der Waals surface area contributed by atoms with E-state index < -0.39 is 73.9 Å². The van der Waals surface area contributed by atoms with Crippen molar-refractivity contribution in [1.82, 2.24) is 0 Å². The number of allylic oxidation sites excluding steroid dienone is 23. The Morgan fingerprint density at radius 3 is 1.39 bits per heavy atom. The first-order chi connectivity index (χ1) is 36.6. The van der Waals surface area contributed by atoms with Crippen LogP contribution in [0, 0.1) is 0 Å². The van der Waals surface area contributed by atoms with Gasteiger partial charge in [0.05, 0.1) is 13.0 Å². The molecule has 3 N–H and O–H groups in total. The molecule has 1 aliphatic rings. The topological polar surface area (TPSA) is 175 Å². The van der Waals surface area contributed by atoms with Crippen molar-refractivity contribution in [3.05, 3.63) is 146 Å². The predicted molar refractivity (Wildman–Crippen MR) is 302 cm³/mol. The molecule has 6 atom stereocenters. The molecule has 0 saturated carbocycles. The normalized spacial score (nSPS) is 19.3. The number of unbranched alkanes of at least 4 members (excludes halogenated alkanes) is 7. The molecular formula is C63H94O12. The Bertz CT molecular complexity index is 1860. The number of hydrogen-bond acceptors (Lipinski definition) is 11. The second-order valence-corrected chi connectivity index (χ2v) is 18.1. The lowest BCUT2D eigenvalue weighted by molar-refractivity contribution is -0.301. The highest BCUT2D eigenvalue weighted by atomic mass is 16.7. The molecule has 1 fully saturated rings. The van der Waals surface area contributed by atoms with Gasteiger partial charge in [-0.1, -0.05) is 192 Å². The van der Waals surface area contributed by atoms with Gasteiger partial charge < -0.3 is 39.0 Å². The molecule has 75 heavy (non-hydrogen) atoms.